The van der Waals surface area contributed by atoms with Crippen LogP contribution in [0.2, 0.25) is 0 Å². The molecular weight excluding hydrogens is 508 g/mol. The van der Waals surface area contributed by atoms with Gasteiger partial charge in [-0.25, -0.2) is 14.3 Å². The highest BCUT2D eigenvalue weighted by Gasteiger charge is 2.48. The Morgan fingerprint density at radius 3 is 2.73 bits per heavy atom. The number of para-hydroxylation sites is 2. The molecule has 0 aliphatic carbocycles. The molecule has 1 fully saturated rings. The van der Waals surface area contributed by atoms with Crippen molar-refractivity contribution in [1.29, 1.82) is 0 Å². The van der Waals surface area contributed by atoms with Gasteiger partial charge in [-0.15, -0.1) is 17.1 Å². The molecule has 2 unspecified atom stereocenters. The van der Waals surface area contributed by atoms with Crippen LogP contribution in [0.5, 0.6) is 0 Å². The molecule has 0 bridgehead atoms. The summed E-state index contributed by atoms with van der Waals surface area (Å²) in [6.07, 6.45) is -3.53. The van der Waals surface area contributed by atoms with Crippen LogP contribution in [0.15, 0.2) is 36.2 Å². The van der Waals surface area contributed by atoms with Crippen LogP contribution in [0.25, 0.3) is 11.0 Å². The Balaban J connectivity index is 1.51. The van der Waals surface area contributed by atoms with Crippen LogP contribution in [-0.2, 0) is 14.2 Å². The van der Waals surface area contributed by atoms with Crippen molar-refractivity contribution in [3.05, 3.63) is 36.2 Å². The van der Waals surface area contributed by atoms with Gasteiger partial charge in [-0.1, -0.05) is 12.1 Å². The highest BCUT2D eigenvalue weighted by molar-refractivity contribution is 6.17. The van der Waals surface area contributed by atoms with E-state index in [1.807, 2.05) is 12.1 Å². The van der Waals surface area contributed by atoms with Gasteiger partial charge in [-0.2, -0.15) is 0 Å². The average molecular weight is 541 g/mol. The van der Waals surface area contributed by atoms with Crippen molar-refractivity contribution in [2.45, 2.75) is 57.0 Å². The number of hydrazine groups is 2. The van der Waals surface area contributed by atoms with Crippen LogP contribution >= 0.6 is 11.6 Å². The molecule has 3 heterocycles. The first-order valence-corrected chi connectivity index (χ1v) is 12.4. The number of rotatable bonds is 8. The van der Waals surface area contributed by atoms with Crippen molar-refractivity contribution >= 4 is 34.7 Å². The Labute approximate surface area is 218 Å². The Morgan fingerprint density at radius 1 is 1.27 bits per heavy atom. The lowest BCUT2D eigenvalue weighted by Crippen LogP contribution is -2.65. The second kappa shape index (κ2) is 11.4. The fraction of sp³-hybridized carbons (Fsp3) is 0.565. The molecular formula is C23H33ClN6O7. The zero-order chi connectivity index (χ0) is 26.7. The Bertz CT molecular complexity index is 1120. The third-order valence-corrected chi connectivity index (χ3v) is 5.90. The summed E-state index contributed by atoms with van der Waals surface area (Å²) in [7, 11) is 0. The summed E-state index contributed by atoms with van der Waals surface area (Å²) >= 11 is 5.74. The summed E-state index contributed by atoms with van der Waals surface area (Å²) in [4.78, 5) is 17.5. The quantitative estimate of drug-likeness (QED) is 0.257. The molecule has 0 saturated carbocycles. The third-order valence-electron chi connectivity index (χ3n) is 5.74. The second-order valence-corrected chi connectivity index (χ2v) is 10.0. The number of carbonyl (C=O) groups excluding carboxylic acids is 1. The van der Waals surface area contributed by atoms with Crippen LogP contribution in [0.3, 0.4) is 0 Å². The van der Waals surface area contributed by atoms with E-state index in [0.717, 1.165) is 0 Å². The zero-order valence-electron chi connectivity index (χ0n) is 20.8. The first kappa shape index (κ1) is 27.4. The third kappa shape index (κ3) is 6.09. The molecule has 0 radical (unpaired) electrons. The number of anilines is 1. The number of aliphatic hydroxyl groups excluding tert-OH is 3. The summed E-state index contributed by atoms with van der Waals surface area (Å²) in [5.41, 5.74) is 7.04. The summed E-state index contributed by atoms with van der Waals surface area (Å²) < 4.78 is 18.2. The van der Waals surface area contributed by atoms with E-state index in [1.54, 1.807) is 39.1 Å². The van der Waals surface area contributed by atoms with Crippen molar-refractivity contribution in [3.8, 4) is 0 Å². The molecule has 0 spiro atoms. The number of nitrogens with zero attached hydrogens (tertiary/aromatic N) is 3. The number of hydrogen-bond acceptors (Lipinski definition) is 12. The number of ether oxygens (including phenoxy) is 3. The predicted octanol–water partition coefficient (Wildman–Crippen LogP) is 0.461. The molecule has 5 atom stereocenters. The molecule has 13 nitrogen and oxygen atoms in total. The van der Waals surface area contributed by atoms with E-state index in [4.69, 9.17) is 25.8 Å². The van der Waals surface area contributed by atoms with Crippen LogP contribution < -0.4 is 16.3 Å². The number of hydrogen-bond donors (Lipinski definition) is 6. The monoisotopic (exact) mass is 540 g/mol. The molecule has 0 amide bonds. The molecule has 37 heavy (non-hydrogen) atoms. The van der Waals surface area contributed by atoms with E-state index in [9.17, 15) is 20.1 Å². The van der Waals surface area contributed by atoms with E-state index in [2.05, 4.69) is 21.3 Å². The van der Waals surface area contributed by atoms with E-state index in [1.165, 1.54) is 9.58 Å². The standard InChI is InChI=1S/C23H33ClN6O7/c1-23(2,3)37-22(34)30-15-7-5-4-6-14(15)26-21(30)25-10-13-11-29(28-27-13)17-19(33)18(32)16(12-31)36-20(17)35-9-8-24/h4-7,11,16-20,27-28,31-33H,8-10,12H2,1-3H3,(H,25,26)/t16?,17?,18-,19-,20+/m1/s1. The minimum Gasteiger partial charge on any atom is -0.443 e. The molecule has 6 N–H and O–H groups in total. The molecule has 4 rings (SSSR count). The SMILES string of the molecule is CC(C)(C)OC(=O)n1c(NCC2=CN(C3[C@@H](OCCCl)OC(CO)[C@@H](O)[C@@H]3O)NN2)nc2ccccc21. The van der Waals surface area contributed by atoms with Crippen LogP contribution in [0.1, 0.15) is 20.8 Å². The van der Waals surface area contributed by atoms with Gasteiger partial charge in [0.25, 0.3) is 0 Å². The number of benzene rings is 1. The maximum Gasteiger partial charge on any atom is 0.421 e. The molecule has 204 valence electrons. The van der Waals surface area contributed by atoms with Crippen molar-refractivity contribution in [3.63, 3.8) is 0 Å². The Hall–Kier alpha value is -2.65. The number of carbonyl (C=O) groups is 1. The average Bonchev–Trinajstić information content (AvgIpc) is 3.46. The minimum atomic E-state index is -1.34. The van der Waals surface area contributed by atoms with E-state index >= 15 is 0 Å². The first-order valence-electron chi connectivity index (χ1n) is 11.9. The molecule has 1 saturated heterocycles. The smallest absolute Gasteiger partial charge is 0.421 e. The van der Waals surface area contributed by atoms with Gasteiger partial charge >= 0.3 is 6.09 Å². The molecule has 1 aromatic heterocycles. The van der Waals surface area contributed by atoms with Gasteiger partial charge in [0.05, 0.1) is 36.5 Å². The van der Waals surface area contributed by atoms with Crippen molar-refractivity contribution in [1.82, 2.24) is 25.5 Å². The number of halogens is 1. The maximum absolute atomic E-state index is 13.0. The molecule has 2 aliphatic rings. The lowest BCUT2D eigenvalue weighted by atomic mass is 9.96. The zero-order valence-corrected chi connectivity index (χ0v) is 21.6. The fourth-order valence-electron chi connectivity index (χ4n) is 4.09. The summed E-state index contributed by atoms with van der Waals surface area (Å²) in [6.45, 7) is 5.24. The normalized spacial score (nSPS) is 26.2. The van der Waals surface area contributed by atoms with Crippen molar-refractivity contribution < 1.29 is 34.3 Å². The number of alkyl halides is 1. The van der Waals surface area contributed by atoms with Gasteiger partial charge < -0.3 is 40.3 Å². The number of nitrogens with one attached hydrogen (secondary N) is 3. The number of aliphatic hydroxyl groups is 3. The first-order chi connectivity index (χ1) is 17.6. The lowest BCUT2D eigenvalue weighted by Gasteiger charge is -2.45. The van der Waals surface area contributed by atoms with Gasteiger partial charge in [0.2, 0.25) is 5.95 Å². The van der Waals surface area contributed by atoms with Gasteiger partial charge in [0.1, 0.15) is 30.0 Å². The molecule has 1 aromatic carbocycles. The van der Waals surface area contributed by atoms with E-state index < -0.39 is 48.9 Å². The van der Waals surface area contributed by atoms with Gasteiger partial charge in [0, 0.05) is 12.1 Å². The number of aromatic nitrogens is 2. The van der Waals surface area contributed by atoms with Gasteiger partial charge in [-0.3, -0.25) is 5.01 Å². The van der Waals surface area contributed by atoms with Crippen LogP contribution in [-0.4, -0.2) is 97.9 Å². The summed E-state index contributed by atoms with van der Waals surface area (Å²) in [5, 5.41) is 35.3. The highest BCUT2D eigenvalue weighted by Crippen LogP contribution is 2.27. The van der Waals surface area contributed by atoms with Gasteiger partial charge in [-0.05, 0) is 32.9 Å². The predicted molar refractivity (Wildman–Crippen MR) is 134 cm³/mol. The summed E-state index contributed by atoms with van der Waals surface area (Å²) in [5.74, 6) is 0.492. The van der Waals surface area contributed by atoms with Crippen molar-refractivity contribution in [2.75, 3.05) is 31.0 Å². The van der Waals surface area contributed by atoms with Crippen LogP contribution in [0, 0.1) is 0 Å². The largest absolute Gasteiger partial charge is 0.443 e. The van der Waals surface area contributed by atoms with E-state index in [0.29, 0.717) is 22.7 Å². The topological polar surface area (TPSA) is 163 Å². The summed E-state index contributed by atoms with van der Waals surface area (Å²) in [6, 6.07) is 6.36. The van der Waals surface area contributed by atoms with Crippen LogP contribution in [0.4, 0.5) is 10.7 Å². The van der Waals surface area contributed by atoms with Gasteiger partial charge in [0.15, 0.2) is 6.29 Å². The second-order valence-electron chi connectivity index (χ2n) is 9.65. The molecule has 2 aliphatic heterocycles. The number of imidazole rings is 1. The highest BCUT2D eigenvalue weighted by atomic mass is 35.5. The molecule has 14 heteroatoms. The fourth-order valence-corrected chi connectivity index (χ4v) is 4.18. The molecule has 2 aromatic rings. The van der Waals surface area contributed by atoms with E-state index in [-0.39, 0.29) is 19.0 Å². The van der Waals surface area contributed by atoms with Crippen molar-refractivity contribution in [2.24, 2.45) is 0 Å². The minimum absolute atomic E-state index is 0.143. The Morgan fingerprint density at radius 2 is 2.03 bits per heavy atom. The maximum atomic E-state index is 13.0. The lowest BCUT2D eigenvalue weighted by molar-refractivity contribution is -0.286. The number of fused-ring (bicyclic) bond motifs is 1. The Kier molecular flexibility index (Phi) is 8.43.